The number of anilines is 1. The first-order valence-electron chi connectivity index (χ1n) is 8.12. The third-order valence-corrected chi connectivity index (χ3v) is 5.38. The SMILES string of the molecule is O=C(NC1CCN(c2nc3ccccc3s2)CC1)c1ccccn1. The Morgan fingerprint density at radius 2 is 1.92 bits per heavy atom. The Labute approximate surface area is 144 Å². The minimum absolute atomic E-state index is 0.0889. The highest BCUT2D eigenvalue weighted by Gasteiger charge is 2.23. The highest BCUT2D eigenvalue weighted by molar-refractivity contribution is 7.22. The molecule has 3 heterocycles. The Morgan fingerprint density at radius 1 is 1.12 bits per heavy atom. The summed E-state index contributed by atoms with van der Waals surface area (Å²) in [5.74, 6) is -0.0889. The van der Waals surface area contributed by atoms with Gasteiger partial charge in [0.15, 0.2) is 5.13 Å². The summed E-state index contributed by atoms with van der Waals surface area (Å²) in [5, 5.41) is 4.16. The zero-order chi connectivity index (χ0) is 16.4. The molecule has 1 amide bonds. The number of amides is 1. The van der Waals surface area contributed by atoms with E-state index in [9.17, 15) is 4.79 Å². The average molecular weight is 338 g/mol. The van der Waals surface area contributed by atoms with Crippen LogP contribution in [0.5, 0.6) is 0 Å². The lowest BCUT2D eigenvalue weighted by atomic mass is 10.1. The number of pyridine rings is 1. The predicted molar refractivity (Wildman–Crippen MR) is 96.6 cm³/mol. The van der Waals surface area contributed by atoms with E-state index in [1.807, 2.05) is 24.3 Å². The van der Waals surface area contributed by atoms with E-state index in [1.165, 1.54) is 4.70 Å². The molecule has 0 spiro atoms. The van der Waals surface area contributed by atoms with Crippen LogP contribution in [-0.4, -0.2) is 35.0 Å². The van der Waals surface area contributed by atoms with Gasteiger partial charge >= 0.3 is 0 Å². The normalized spacial score (nSPS) is 15.6. The smallest absolute Gasteiger partial charge is 0.270 e. The molecule has 24 heavy (non-hydrogen) atoms. The second-order valence-corrected chi connectivity index (χ2v) is 6.92. The summed E-state index contributed by atoms with van der Waals surface area (Å²) >= 11 is 1.73. The van der Waals surface area contributed by atoms with Gasteiger partial charge in [-0.1, -0.05) is 29.5 Å². The molecule has 0 atom stereocenters. The molecule has 3 aromatic rings. The van der Waals surface area contributed by atoms with E-state index in [4.69, 9.17) is 4.98 Å². The summed E-state index contributed by atoms with van der Waals surface area (Å²) in [7, 11) is 0. The monoisotopic (exact) mass is 338 g/mol. The van der Waals surface area contributed by atoms with Gasteiger partial charge in [0.2, 0.25) is 0 Å². The fraction of sp³-hybridized carbons (Fsp3) is 0.278. The number of nitrogens with zero attached hydrogens (tertiary/aromatic N) is 3. The van der Waals surface area contributed by atoms with Crippen molar-refractivity contribution in [3.63, 3.8) is 0 Å². The molecule has 0 radical (unpaired) electrons. The van der Waals surface area contributed by atoms with Gasteiger partial charge in [0.05, 0.1) is 10.2 Å². The van der Waals surface area contributed by atoms with Crippen molar-refractivity contribution in [2.24, 2.45) is 0 Å². The molecule has 0 saturated carbocycles. The molecule has 6 heteroatoms. The number of rotatable bonds is 3. The largest absolute Gasteiger partial charge is 0.348 e. The third kappa shape index (κ3) is 3.10. The Kier molecular flexibility index (Phi) is 4.13. The number of para-hydroxylation sites is 1. The van der Waals surface area contributed by atoms with E-state index >= 15 is 0 Å². The molecule has 2 aromatic heterocycles. The topological polar surface area (TPSA) is 58.1 Å². The highest BCUT2D eigenvalue weighted by atomic mass is 32.1. The van der Waals surface area contributed by atoms with E-state index in [-0.39, 0.29) is 11.9 Å². The first-order chi connectivity index (χ1) is 11.8. The number of carbonyl (C=O) groups excluding carboxylic acids is 1. The molecule has 1 fully saturated rings. The van der Waals surface area contributed by atoms with Crippen LogP contribution in [0.3, 0.4) is 0 Å². The maximum absolute atomic E-state index is 12.2. The molecule has 0 bridgehead atoms. The van der Waals surface area contributed by atoms with Gasteiger partial charge in [-0.05, 0) is 37.1 Å². The number of carbonyl (C=O) groups is 1. The molecule has 122 valence electrons. The molecule has 0 unspecified atom stereocenters. The third-order valence-electron chi connectivity index (χ3n) is 4.28. The minimum atomic E-state index is -0.0889. The van der Waals surface area contributed by atoms with E-state index in [0.29, 0.717) is 5.69 Å². The van der Waals surface area contributed by atoms with Crippen LogP contribution in [0.15, 0.2) is 48.7 Å². The summed E-state index contributed by atoms with van der Waals surface area (Å²) in [6, 6.07) is 13.8. The second kappa shape index (κ2) is 6.57. The maximum atomic E-state index is 12.2. The fourth-order valence-corrected chi connectivity index (χ4v) is 3.98. The van der Waals surface area contributed by atoms with E-state index in [0.717, 1.165) is 36.6 Å². The van der Waals surface area contributed by atoms with Crippen molar-refractivity contribution in [2.75, 3.05) is 18.0 Å². The van der Waals surface area contributed by atoms with Gasteiger partial charge in [0.25, 0.3) is 5.91 Å². The molecule has 1 saturated heterocycles. The first-order valence-corrected chi connectivity index (χ1v) is 8.94. The van der Waals surface area contributed by atoms with E-state index < -0.39 is 0 Å². The molecular formula is C18H18N4OS. The van der Waals surface area contributed by atoms with Crippen LogP contribution in [0.4, 0.5) is 5.13 Å². The molecular weight excluding hydrogens is 320 g/mol. The van der Waals surface area contributed by atoms with Crippen LogP contribution in [-0.2, 0) is 0 Å². The van der Waals surface area contributed by atoms with Gasteiger partial charge in [0.1, 0.15) is 5.69 Å². The Bertz CT molecular complexity index is 807. The van der Waals surface area contributed by atoms with Gasteiger partial charge in [-0.2, -0.15) is 0 Å². The minimum Gasteiger partial charge on any atom is -0.348 e. The van der Waals surface area contributed by atoms with Crippen molar-refractivity contribution < 1.29 is 4.79 Å². The Balaban J connectivity index is 1.37. The number of fused-ring (bicyclic) bond motifs is 1. The maximum Gasteiger partial charge on any atom is 0.270 e. The zero-order valence-electron chi connectivity index (χ0n) is 13.2. The van der Waals surface area contributed by atoms with Crippen LogP contribution < -0.4 is 10.2 Å². The molecule has 0 aliphatic carbocycles. The lowest BCUT2D eigenvalue weighted by Crippen LogP contribution is -2.44. The lowest BCUT2D eigenvalue weighted by Gasteiger charge is -2.32. The molecule has 1 aliphatic heterocycles. The van der Waals surface area contributed by atoms with Crippen molar-refractivity contribution in [2.45, 2.75) is 18.9 Å². The van der Waals surface area contributed by atoms with Crippen LogP contribution in [0, 0.1) is 0 Å². The summed E-state index contributed by atoms with van der Waals surface area (Å²) in [6.07, 6.45) is 3.49. The Morgan fingerprint density at radius 3 is 2.67 bits per heavy atom. The predicted octanol–water partition coefficient (Wildman–Crippen LogP) is 3.09. The molecule has 1 N–H and O–H groups in total. The number of nitrogens with one attached hydrogen (secondary N) is 1. The standard InChI is InChI=1S/C18H18N4OS/c23-17(15-6-3-4-10-19-15)20-13-8-11-22(12-9-13)18-21-14-5-1-2-7-16(14)24-18/h1-7,10,13H,8-9,11-12H2,(H,20,23). The van der Waals surface area contributed by atoms with E-state index in [2.05, 4.69) is 27.3 Å². The zero-order valence-corrected chi connectivity index (χ0v) is 14.0. The quantitative estimate of drug-likeness (QED) is 0.797. The highest BCUT2D eigenvalue weighted by Crippen LogP contribution is 2.30. The number of thiazole rings is 1. The Hall–Kier alpha value is -2.47. The number of benzene rings is 1. The first kappa shape index (κ1) is 15.1. The van der Waals surface area contributed by atoms with E-state index in [1.54, 1.807) is 23.6 Å². The van der Waals surface area contributed by atoms with Gasteiger partial charge in [-0.15, -0.1) is 0 Å². The summed E-state index contributed by atoms with van der Waals surface area (Å²) in [6.45, 7) is 1.82. The van der Waals surface area contributed by atoms with Crippen molar-refractivity contribution in [3.8, 4) is 0 Å². The van der Waals surface area contributed by atoms with Crippen molar-refractivity contribution in [3.05, 3.63) is 54.4 Å². The summed E-state index contributed by atoms with van der Waals surface area (Å²) in [4.78, 5) is 23.3. The van der Waals surface area contributed by atoms with Gasteiger partial charge < -0.3 is 10.2 Å². The number of aromatic nitrogens is 2. The van der Waals surface area contributed by atoms with Crippen LogP contribution in [0.25, 0.3) is 10.2 Å². The molecule has 1 aliphatic rings. The number of piperidine rings is 1. The van der Waals surface area contributed by atoms with Gasteiger partial charge in [-0.3, -0.25) is 9.78 Å². The fourth-order valence-electron chi connectivity index (χ4n) is 2.97. The summed E-state index contributed by atoms with van der Waals surface area (Å²) < 4.78 is 1.22. The van der Waals surface area contributed by atoms with Gasteiger partial charge in [-0.25, -0.2) is 4.98 Å². The average Bonchev–Trinajstić information content (AvgIpc) is 3.07. The molecule has 4 rings (SSSR count). The van der Waals surface area contributed by atoms with Crippen molar-refractivity contribution >= 4 is 32.6 Å². The molecule has 5 nitrogen and oxygen atoms in total. The molecule has 1 aromatic carbocycles. The van der Waals surface area contributed by atoms with Crippen LogP contribution >= 0.6 is 11.3 Å². The van der Waals surface area contributed by atoms with Crippen LogP contribution in [0.2, 0.25) is 0 Å². The summed E-state index contributed by atoms with van der Waals surface area (Å²) in [5.41, 5.74) is 1.54. The van der Waals surface area contributed by atoms with Gasteiger partial charge in [0, 0.05) is 25.3 Å². The number of hydrogen-bond donors (Lipinski definition) is 1. The van der Waals surface area contributed by atoms with Crippen LogP contribution in [0.1, 0.15) is 23.3 Å². The lowest BCUT2D eigenvalue weighted by molar-refractivity contribution is 0.0926. The van der Waals surface area contributed by atoms with Crippen molar-refractivity contribution in [1.82, 2.24) is 15.3 Å². The van der Waals surface area contributed by atoms with Crippen molar-refractivity contribution in [1.29, 1.82) is 0 Å². The number of hydrogen-bond acceptors (Lipinski definition) is 5. The second-order valence-electron chi connectivity index (χ2n) is 5.91.